The van der Waals surface area contributed by atoms with Gasteiger partial charge in [-0.25, -0.2) is 4.79 Å². The number of benzene rings is 1. The lowest BCUT2D eigenvalue weighted by atomic mass is 9.64. The summed E-state index contributed by atoms with van der Waals surface area (Å²) in [5.41, 5.74) is 1.02. The second-order valence-corrected chi connectivity index (χ2v) is 6.58. The van der Waals surface area contributed by atoms with Crippen molar-refractivity contribution in [3.05, 3.63) is 29.8 Å². The number of carboxylic acid groups (broad SMARTS) is 1. The minimum absolute atomic E-state index is 0.104. The zero-order valence-electron chi connectivity index (χ0n) is 13.8. The Labute approximate surface area is 141 Å². The molecule has 0 aromatic heterocycles. The molecule has 1 amide bonds. The summed E-state index contributed by atoms with van der Waals surface area (Å²) in [6, 6.07) is 7.91. The number of para-hydroxylation sites is 1. The molecular formula is C18H23NO5. The summed E-state index contributed by atoms with van der Waals surface area (Å²) in [5.74, 6) is -0.385. The van der Waals surface area contributed by atoms with E-state index in [1.165, 1.54) is 0 Å². The lowest BCUT2D eigenvalue weighted by Crippen LogP contribution is -2.48. The van der Waals surface area contributed by atoms with E-state index in [0.29, 0.717) is 19.4 Å². The van der Waals surface area contributed by atoms with Crippen LogP contribution in [0.5, 0.6) is 5.75 Å². The Kier molecular flexibility index (Phi) is 4.76. The van der Waals surface area contributed by atoms with Crippen LogP contribution in [-0.2, 0) is 19.7 Å². The molecule has 2 aliphatic rings. The highest BCUT2D eigenvalue weighted by atomic mass is 16.5. The summed E-state index contributed by atoms with van der Waals surface area (Å²) >= 11 is 0. The number of carbonyl (C=O) groups is 2. The van der Waals surface area contributed by atoms with Crippen LogP contribution in [0.4, 0.5) is 0 Å². The molecule has 0 radical (unpaired) electrons. The molecule has 3 rings (SSSR count). The van der Waals surface area contributed by atoms with Gasteiger partial charge >= 0.3 is 5.97 Å². The number of rotatable bonds is 6. The molecule has 2 fully saturated rings. The fraction of sp³-hybridized carbons (Fsp3) is 0.556. The average molecular weight is 333 g/mol. The minimum Gasteiger partial charge on any atom is -0.496 e. The molecule has 0 bridgehead atoms. The lowest BCUT2D eigenvalue weighted by Gasteiger charge is -2.43. The third-order valence-electron chi connectivity index (χ3n) is 5.18. The first-order valence-corrected chi connectivity index (χ1v) is 8.35. The molecular weight excluding hydrogens is 310 g/mol. The molecule has 0 spiro atoms. The Balaban J connectivity index is 1.64. The van der Waals surface area contributed by atoms with Crippen molar-refractivity contribution in [3.8, 4) is 5.75 Å². The van der Waals surface area contributed by atoms with Gasteiger partial charge in [0.05, 0.1) is 7.11 Å². The van der Waals surface area contributed by atoms with Gasteiger partial charge in [-0.1, -0.05) is 24.6 Å². The third kappa shape index (κ3) is 3.11. The van der Waals surface area contributed by atoms with Gasteiger partial charge in [0.25, 0.3) is 0 Å². The molecule has 6 heteroatoms. The van der Waals surface area contributed by atoms with Gasteiger partial charge in [-0.15, -0.1) is 0 Å². The van der Waals surface area contributed by atoms with Crippen LogP contribution in [0.2, 0.25) is 0 Å². The van der Waals surface area contributed by atoms with E-state index < -0.39 is 18.2 Å². The Hall–Kier alpha value is -2.08. The second kappa shape index (κ2) is 6.81. The standard InChI is InChI=1S/C18H23NO5/c1-23-13-6-3-2-5-12(13)18(9-4-10-18)11-19-16(20)14-7-8-15(24-14)17(21)22/h2-3,5-6,14-15H,4,7-11H2,1H3,(H,19,20)(H,21,22)/t14-,15+/m0/s1. The number of ether oxygens (including phenoxy) is 2. The molecule has 0 unspecified atom stereocenters. The van der Waals surface area contributed by atoms with Crippen LogP contribution in [0.3, 0.4) is 0 Å². The number of carboxylic acids is 1. The number of hydrogen-bond donors (Lipinski definition) is 2. The monoisotopic (exact) mass is 333 g/mol. The maximum absolute atomic E-state index is 12.3. The smallest absolute Gasteiger partial charge is 0.332 e. The van der Waals surface area contributed by atoms with Crippen LogP contribution in [0, 0.1) is 0 Å². The van der Waals surface area contributed by atoms with Crippen molar-refractivity contribution in [2.45, 2.75) is 49.7 Å². The molecule has 24 heavy (non-hydrogen) atoms. The van der Waals surface area contributed by atoms with Crippen LogP contribution >= 0.6 is 0 Å². The fourth-order valence-electron chi connectivity index (χ4n) is 3.61. The van der Waals surface area contributed by atoms with E-state index >= 15 is 0 Å². The number of carbonyl (C=O) groups excluding carboxylic acids is 1. The van der Waals surface area contributed by atoms with Crippen molar-refractivity contribution >= 4 is 11.9 Å². The number of hydrogen-bond acceptors (Lipinski definition) is 4. The van der Waals surface area contributed by atoms with Gasteiger partial charge in [0, 0.05) is 17.5 Å². The Bertz CT molecular complexity index is 626. The van der Waals surface area contributed by atoms with Crippen LogP contribution < -0.4 is 10.1 Å². The first-order valence-electron chi connectivity index (χ1n) is 8.35. The zero-order chi connectivity index (χ0) is 17.2. The lowest BCUT2D eigenvalue weighted by molar-refractivity contribution is -0.151. The normalized spacial score (nSPS) is 24.9. The Morgan fingerprint density at radius 2 is 2.00 bits per heavy atom. The summed E-state index contributed by atoms with van der Waals surface area (Å²) in [6.07, 6.45) is 2.41. The first kappa shape index (κ1) is 16.8. The SMILES string of the molecule is COc1ccccc1C1(CNC(=O)[C@@H]2CC[C@H](C(=O)O)O2)CCC1. The van der Waals surface area contributed by atoms with Crippen LogP contribution in [0.1, 0.15) is 37.7 Å². The second-order valence-electron chi connectivity index (χ2n) is 6.58. The molecule has 1 saturated carbocycles. The van der Waals surface area contributed by atoms with E-state index in [2.05, 4.69) is 11.4 Å². The van der Waals surface area contributed by atoms with Crippen molar-refractivity contribution < 1.29 is 24.2 Å². The van der Waals surface area contributed by atoms with Gasteiger partial charge in [0.1, 0.15) is 11.9 Å². The quantitative estimate of drug-likeness (QED) is 0.830. The molecule has 130 valence electrons. The van der Waals surface area contributed by atoms with Crippen molar-refractivity contribution in [1.29, 1.82) is 0 Å². The molecule has 1 aliphatic heterocycles. The summed E-state index contributed by atoms with van der Waals surface area (Å²) in [6.45, 7) is 0.518. The van der Waals surface area contributed by atoms with Crippen LogP contribution in [-0.4, -0.2) is 42.8 Å². The molecule has 2 N–H and O–H groups in total. The summed E-state index contributed by atoms with van der Waals surface area (Å²) in [5, 5.41) is 11.9. The molecule has 1 aliphatic carbocycles. The van der Waals surface area contributed by atoms with E-state index in [1.54, 1.807) is 7.11 Å². The van der Waals surface area contributed by atoms with Crippen LogP contribution in [0.25, 0.3) is 0 Å². The molecule has 1 aromatic rings. The van der Waals surface area contributed by atoms with E-state index in [-0.39, 0.29) is 11.3 Å². The van der Waals surface area contributed by atoms with Crippen molar-refractivity contribution in [2.24, 2.45) is 0 Å². The molecule has 1 aromatic carbocycles. The highest BCUT2D eigenvalue weighted by Crippen LogP contribution is 2.46. The Morgan fingerprint density at radius 1 is 1.29 bits per heavy atom. The van der Waals surface area contributed by atoms with Gasteiger partial charge < -0.3 is 19.9 Å². The van der Waals surface area contributed by atoms with Gasteiger partial charge in [0.2, 0.25) is 5.91 Å². The number of amides is 1. The number of methoxy groups -OCH3 is 1. The summed E-state index contributed by atoms with van der Waals surface area (Å²) in [7, 11) is 1.65. The zero-order valence-corrected chi connectivity index (χ0v) is 13.8. The number of aliphatic carboxylic acids is 1. The first-order chi connectivity index (χ1) is 11.6. The predicted octanol–water partition coefficient (Wildman–Crippen LogP) is 1.87. The summed E-state index contributed by atoms with van der Waals surface area (Å²) in [4.78, 5) is 23.3. The van der Waals surface area contributed by atoms with Crippen molar-refractivity contribution in [1.82, 2.24) is 5.32 Å². The van der Waals surface area contributed by atoms with E-state index in [0.717, 1.165) is 30.6 Å². The van der Waals surface area contributed by atoms with Gasteiger partial charge in [-0.3, -0.25) is 4.79 Å². The maximum atomic E-state index is 12.3. The third-order valence-corrected chi connectivity index (χ3v) is 5.18. The summed E-state index contributed by atoms with van der Waals surface area (Å²) < 4.78 is 10.8. The van der Waals surface area contributed by atoms with Gasteiger partial charge in [-0.05, 0) is 31.7 Å². The van der Waals surface area contributed by atoms with E-state index in [4.69, 9.17) is 14.6 Å². The average Bonchev–Trinajstić information content (AvgIpc) is 3.04. The van der Waals surface area contributed by atoms with Crippen molar-refractivity contribution in [2.75, 3.05) is 13.7 Å². The van der Waals surface area contributed by atoms with Crippen LogP contribution in [0.15, 0.2) is 24.3 Å². The molecule has 2 atom stereocenters. The van der Waals surface area contributed by atoms with Gasteiger partial charge in [-0.2, -0.15) is 0 Å². The predicted molar refractivity (Wildman–Crippen MR) is 87.1 cm³/mol. The number of nitrogens with one attached hydrogen (secondary N) is 1. The van der Waals surface area contributed by atoms with Crippen molar-refractivity contribution in [3.63, 3.8) is 0 Å². The molecule has 1 saturated heterocycles. The Morgan fingerprint density at radius 3 is 2.58 bits per heavy atom. The topological polar surface area (TPSA) is 84.9 Å². The fourth-order valence-corrected chi connectivity index (χ4v) is 3.61. The maximum Gasteiger partial charge on any atom is 0.332 e. The highest BCUT2D eigenvalue weighted by Gasteiger charge is 2.42. The van der Waals surface area contributed by atoms with E-state index in [1.807, 2.05) is 18.2 Å². The van der Waals surface area contributed by atoms with Gasteiger partial charge in [0.15, 0.2) is 6.10 Å². The largest absolute Gasteiger partial charge is 0.496 e. The van der Waals surface area contributed by atoms with E-state index in [9.17, 15) is 9.59 Å². The highest BCUT2D eigenvalue weighted by molar-refractivity contribution is 5.82. The molecule has 1 heterocycles. The minimum atomic E-state index is -1.00. The molecule has 6 nitrogen and oxygen atoms in total.